The molecular weight excluding hydrogens is 402 g/mol. The van der Waals surface area contributed by atoms with E-state index in [0.29, 0.717) is 17.1 Å². The third-order valence-corrected chi connectivity index (χ3v) is 4.68. The lowest BCUT2D eigenvalue weighted by molar-refractivity contribution is -0.138. The summed E-state index contributed by atoms with van der Waals surface area (Å²) in [4.78, 5) is 22.3. The molecule has 1 aromatic rings. The van der Waals surface area contributed by atoms with E-state index in [4.69, 9.17) is 14.6 Å². The molecule has 0 radical (unpaired) electrons. The predicted molar refractivity (Wildman–Crippen MR) is 94.0 cm³/mol. The molecule has 10 heteroatoms. The minimum absolute atomic E-state index is 0.258. The zero-order chi connectivity index (χ0) is 17.7. The van der Waals surface area contributed by atoms with Gasteiger partial charge in [0.1, 0.15) is 16.7 Å². The summed E-state index contributed by atoms with van der Waals surface area (Å²) < 4.78 is 11.2. The van der Waals surface area contributed by atoms with Crippen molar-refractivity contribution >= 4 is 51.0 Å². The fourth-order valence-electron chi connectivity index (χ4n) is 1.87. The Kier molecular flexibility index (Phi) is 6.21. The summed E-state index contributed by atoms with van der Waals surface area (Å²) in [6.45, 7) is 0. The monoisotopic (exact) mass is 415 g/mol. The van der Waals surface area contributed by atoms with Crippen LogP contribution in [0.2, 0.25) is 0 Å². The number of carbonyl (C=O) groups is 2. The number of amides is 1. The highest BCUT2D eigenvalue weighted by Gasteiger charge is 2.32. The maximum atomic E-state index is 11.6. The van der Waals surface area contributed by atoms with E-state index in [1.54, 1.807) is 19.2 Å². The summed E-state index contributed by atoms with van der Waals surface area (Å²) in [6, 6.07) is 3.46. The van der Waals surface area contributed by atoms with Gasteiger partial charge in [-0.25, -0.2) is 0 Å². The lowest BCUT2D eigenvalue weighted by Crippen LogP contribution is -2.26. The molecule has 0 aromatic heterocycles. The molecule has 2 rings (SSSR count). The van der Waals surface area contributed by atoms with Gasteiger partial charge in [0, 0.05) is 11.6 Å². The minimum Gasteiger partial charge on any atom is -0.496 e. The van der Waals surface area contributed by atoms with E-state index in [0.717, 1.165) is 16.2 Å². The molecule has 1 amide bonds. The topological polar surface area (TPSA) is 110 Å². The van der Waals surface area contributed by atoms with Crippen molar-refractivity contribution in [3.05, 3.63) is 22.2 Å². The number of carbonyl (C=O) groups excluding carboxylic acids is 1. The van der Waals surface area contributed by atoms with E-state index in [1.807, 2.05) is 0 Å². The molecule has 128 valence electrons. The van der Waals surface area contributed by atoms with Crippen molar-refractivity contribution in [1.82, 2.24) is 5.32 Å². The highest BCUT2D eigenvalue weighted by molar-refractivity contribution is 9.10. The van der Waals surface area contributed by atoms with Crippen molar-refractivity contribution in [1.29, 1.82) is 0 Å². The molecule has 1 atom stereocenters. The van der Waals surface area contributed by atoms with Crippen molar-refractivity contribution in [2.45, 2.75) is 11.7 Å². The number of nitrogens with zero attached hydrogens (tertiary/aromatic N) is 2. The number of benzene rings is 1. The van der Waals surface area contributed by atoms with Crippen molar-refractivity contribution in [3.8, 4) is 11.5 Å². The first-order chi connectivity index (χ1) is 11.4. The molecule has 8 nitrogen and oxygen atoms in total. The zero-order valence-corrected chi connectivity index (χ0v) is 15.2. The molecule has 1 heterocycles. The number of carboxylic acid groups (broad SMARTS) is 1. The second kappa shape index (κ2) is 8.15. The highest BCUT2D eigenvalue weighted by atomic mass is 79.9. The maximum Gasteiger partial charge on any atom is 0.305 e. The average molecular weight is 416 g/mol. The molecule has 1 aliphatic heterocycles. The number of ether oxygens (including phenoxy) is 2. The van der Waals surface area contributed by atoms with Gasteiger partial charge in [0.05, 0.1) is 31.3 Å². The van der Waals surface area contributed by atoms with Crippen LogP contribution < -0.4 is 14.8 Å². The third kappa shape index (κ3) is 4.48. The summed E-state index contributed by atoms with van der Waals surface area (Å²) in [5.74, 6) is -0.266. The Hall–Kier alpha value is -2.07. The molecule has 0 unspecified atom stereocenters. The molecule has 0 aliphatic carbocycles. The van der Waals surface area contributed by atoms with Gasteiger partial charge in [-0.3, -0.25) is 9.59 Å². The van der Waals surface area contributed by atoms with Gasteiger partial charge in [0.2, 0.25) is 5.91 Å². The number of carboxylic acids is 1. The standard InChI is InChI=1S/C14H14BrN3O5S/c1-22-9-4-10(23-2)8(15)3-7(9)6-16-18-14-17-13(21)11(24-14)5-12(19)20/h3-4,6,11H,5H2,1-2H3,(H,19,20)(H,17,18,21)/t11-/m0/s1. The second-order valence-electron chi connectivity index (χ2n) is 4.57. The van der Waals surface area contributed by atoms with Crippen molar-refractivity contribution < 1.29 is 24.2 Å². The average Bonchev–Trinajstić information content (AvgIpc) is 2.86. The number of hydrogen-bond acceptors (Lipinski definition) is 7. The predicted octanol–water partition coefficient (Wildman–Crippen LogP) is 1.86. The van der Waals surface area contributed by atoms with E-state index in [-0.39, 0.29) is 17.5 Å². The van der Waals surface area contributed by atoms with Crippen LogP contribution in [0.25, 0.3) is 0 Å². The van der Waals surface area contributed by atoms with E-state index in [2.05, 4.69) is 31.4 Å². The number of aliphatic carboxylic acids is 1. The van der Waals surface area contributed by atoms with Crippen LogP contribution in [0.3, 0.4) is 0 Å². The van der Waals surface area contributed by atoms with Crippen LogP contribution in [0.1, 0.15) is 12.0 Å². The van der Waals surface area contributed by atoms with Gasteiger partial charge in [-0.1, -0.05) is 11.8 Å². The van der Waals surface area contributed by atoms with Crippen LogP contribution in [0.4, 0.5) is 0 Å². The fraction of sp³-hybridized carbons (Fsp3) is 0.286. The molecule has 2 N–H and O–H groups in total. The first-order valence-electron chi connectivity index (χ1n) is 6.66. The first-order valence-corrected chi connectivity index (χ1v) is 8.33. The summed E-state index contributed by atoms with van der Waals surface area (Å²) in [5, 5.41) is 18.6. The smallest absolute Gasteiger partial charge is 0.305 e. The lowest BCUT2D eigenvalue weighted by Gasteiger charge is -2.08. The van der Waals surface area contributed by atoms with Crippen molar-refractivity contribution in [3.63, 3.8) is 0 Å². The number of halogens is 1. The number of methoxy groups -OCH3 is 2. The molecule has 1 saturated heterocycles. The number of hydrogen-bond donors (Lipinski definition) is 2. The van der Waals surface area contributed by atoms with Crippen LogP contribution in [-0.2, 0) is 9.59 Å². The van der Waals surface area contributed by atoms with E-state index in [9.17, 15) is 9.59 Å². The molecule has 1 fully saturated rings. The van der Waals surface area contributed by atoms with E-state index in [1.165, 1.54) is 13.3 Å². The third-order valence-electron chi connectivity index (χ3n) is 2.99. The van der Waals surface area contributed by atoms with Crippen LogP contribution in [0.15, 0.2) is 26.8 Å². The van der Waals surface area contributed by atoms with E-state index >= 15 is 0 Å². The van der Waals surface area contributed by atoms with Gasteiger partial charge in [0.25, 0.3) is 0 Å². The van der Waals surface area contributed by atoms with Gasteiger partial charge in [-0.05, 0) is 22.0 Å². The SMILES string of the molecule is COc1cc(OC)c(C=N/N=C2/NC(=O)[C@H](CC(=O)O)S2)cc1Br. The van der Waals surface area contributed by atoms with Crippen molar-refractivity contribution in [2.24, 2.45) is 10.2 Å². The minimum atomic E-state index is -1.04. The Morgan fingerprint density at radius 3 is 2.75 bits per heavy atom. The van der Waals surface area contributed by atoms with Gasteiger partial charge < -0.3 is 19.9 Å². The van der Waals surface area contributed by atoms with Crippen molar-refractivity contribution in [2.75, 3.05) is 14.2 Å². The van der Waals surface area contributed by atoms with E-state index < -0.39 is 11.2 Å². The molecular formula is C14H14BrN3O5S. The van der Waals surface area contributed by atoms with Crippen LogP contribution in [0.5, 0.6) is 11.5 Å². The summed E-state index contributed by atoms with van der Waals surface area (Å²) in [5.41, 5.74) is 0.658. The molecule has 0 bridgehead atoms. The number of nitrogens with one attached hydrogen (secondary N) is 1. The Morgan fingerprint density at radius 2 is 2.12 bits per heavy atom. The van der Waals surface area contributed by atoms with Gasteiger partial charge in [0.15, 0.2) is 5.17 Å². The normalized spacial score (nSPS) is 18.9. The quantitative estimate of drug-likeness (QED) is 0.541. The van der Waals surface area contributed by atoms with Crippen LogP contribution >= 0.6 is 27.7 Å². The second-order valence-corrected chi connectivity index (χ2v) is 6.62. The molecule has 1 aromatic carbocycles. The Bertz CT molecular complexity index is 723. The first kappa shape index (κ1) is 18.3. The molecule has 24 heavy (non-hydrogen) atoms. The van der Waals surface area contributed by atoms with Gasteiger partial charge in [-0.2, -0.15) is 5.10 Å². The summed E-state index contributed by atoms with van der Waals surface area (Å²) in [7, 11) is 3.07. The Morgan fingerprint density at radius 1 is 1.42 bits per heavy atom. The van der Waals surface area contributed by atoms with Gasteiger partial charge >= 0.3 is 5.97 Å². The number of rotatable bonds is 6. The maximum absolute atomic E-state index is 11.6. The molecule has 1 aliphatic rings. The Balaban J connectivity index is 2.13. The van der Waals surface area contributed by atoms with Gasteiger partial charge in [-0.15, -0.1) is 5.10 Å². The zero-order valence-electron chi connectivity index (χ0n) is 12.8. The largest absolute Gasteiger partial charge is 0.496 e. The Labute approximate surface area is 150 Å². The number of thioether (sulfide) groups is 1. The highest BCUT2D eigenvalue weighted by Crippen LogP contribution is 2.32. The van der Waals surface area contributed by atoms with Crippen LogP contribution in [0, 0.1) is 0 Å². The molecule has 0 spiro atoms. The summed E-state index contributed by atoms with van der Waals surface area (Å²) >= 11 is 4.41. The molecule has 0 saturated carbocycles. The van der Waals surface area contributed by atoms with Crippen LogP contribution in [-0.4, -0.2) is 47.8 Å². The fourth-order valence-corrected chi connectivity index (χ4v) is 3.31. The summed E-state index contributed by atoms with van der Waals surface area (Å²) in [6.07, 6.45) is 1.20. The lowest BCUT2D eigenvalue weighted by atomic mass is 10.2. The number of amidine groups is 1.